The van der Waals surface area contributed by atoms with Gasteiger partial charge < -0.3 is 9.13 Å². The SMILES string of the molecule is c1ccc(-c2ccc(-n3c4ccccc4c4cc(-c5ccc6c(c5)c5ccccc5n6-c5ccc6c(c5)-c5cc7ccccc7c7cccc-6c57)ccc43)cc2)cc1. The summed E-state index contributed by atoms with van der Waals surface area (Å²) in [5.74, 6) is 0. The first-order chi connectivity index (χ1) is 28.8. The summed E-state index contributed by atoms with van der Waals surface area (Å²) in [5, 5.41) is 10.3. The maximum atomic E-state index is 2.45. The lowest BCUT2D eigenvalue weighted by atomic mass is 9.96. The first-order valence-corrected chi connectivity index (χ1v) is 20.1. The van der Waals surface area contributed by atoms with E-state index in [1.165, 1.54) is 115 Å². The van der Waals surface area contributed by atoms with Crippen LogP contribution in [0.4, 0.5) is 0 Å². The summed E-state index contributed by atoms with van der Waals surface area (Å²) in [7, 11) is 0. The zero-order valence-corrected chi connectivity index (χ0v) is 31.5. The van der Waals surface area contributed by atoms with Crippen molar-refractivity contribution < 1.29 is 0 Å². The van der Waals surface area contributed by atoms with Crippen LogP contribution in [0.5, 0.6) is 0 Å². The molecule has 0 N–H and O–H groups in total. The minimum absolute atomic E-state index is 1.16. The molecule has 268 valence electrons. The molecule has 0 saturated heterocycles. The van der Waals surface area contributed by atoms with Crippen LogP contribution in [0, 0.1) is 0 Å². The lowest BCUT2D eigenvalue weighted by Crippen LogP contribution is -1.94. The third-order valence-electron chi connectivity index (χ3n) is 12.6. The summed E-state index contributed by atoms with van der Waals surface area (Å²) in [5.41, 5.74) is 17.3. The first-order valence-electron chi connectivity index (χ1n) is 20.1. The molecule has 13 rings (SSSR count). The van der Waals surface area contributed by atoms with E-state index in [1.807, 2.05) is 0 Å². The highest BCUT2D eigenvalue weighted by Crippen LogP contribution is 2.50. The van der Waals surface area contributed by atoms with Crippen LogP contribution in [0.3, 0.4) is 0 Å². The highest BCUT2D eigenvalue weighted by Gasteiger charge is 2.24. The maximum Gasteiger partial charge on any atom is 0.0541 e. The fourth-order valence-corrected chi connectivity index (χ4v) is 10.0. The predicted molar refractivity (Wildman–Crippen MR) is 245 cm³/mol. The van der Waals surface area contributed by atoms with E-state index in [9.17, 15) is 0 Å². The van der Waals surface area contributed by atoms with Gasteiger partial charge in [-0.3, -0.25) is 0 Å². The van der Waals surface area contributed by atoms with Gasteiger partial charge in [-0.15, -0.1) is 0 Å². The van der Waals surface area contributed by atoms with Crippen molar-refractivity contribution >= 4 is 65.2 Å². The van der Waals surface area contributed by atoms with Gasteiger partial charge in [-0.05, 0) is 133 Å². The van der Waals surface area contributed by atoms with Gasteiger partial charge in [0.1, 0.15) is 0 Å². The molecule has 0 atom stereocenters. The molecule has 1 aliphatic rings. The zero-order valence-electron chi connectivity index (χ0n) is 31.5. The number of fused-ring (bicyclic) bond motifs is 11. The van der Waals surface area contributed by atoms with Crippen LogP contribution in [0.2, 0.25) is 0 Å². The zero-order chi connectivity index (χ0) is 37.9. The number of nitrogens with zero attached hydrogens (tertiary/aromatic N) is 2. The average Bonchev–Trinajstić information content (AvgIpc) is 3.92. The highest BCUT2D eigenvalue weighted by atomic mass is 15.0. The van der Waals surface area contributed by atoms with E-state index in [0.29, 0.717) is 0 Å². The Bertz CT molecular complexity index is 3660. The normalized spacial score (nSPS) is 12.1. The van der Waals surface area contributed by atoms with E-state index in [-0.39, 0.29) is 0 Å². The van der Waals surface area contributed by atoms with Crippen molar-refractivity contribution in [1.29, 1.82) is 0 Å². The Morgan fingerprint density at radius 1 is 0.241 bits per heavy atom. The Kier molecular flexibility index (Phi) is 6.47. The van der Waals surface area contributed by atoms with Crippen molar-refractivity contribution in [3.8, 4) is 55.9 Å². The Labute approximate surface area is 335 Å². The van der Waals surface area contributed by atoms with Crippen LogP contribution in [-0.4, -0.2) is 9.13 Å². The number of hydrogen-bond donors (Lipinski definition) is 0. The van der Waals surface area contributed by atoms with Crippen molar-refractivity contribution in [2.24, 2.45) is 0 Å². The van der Waals surface area contributed by atoms with Gasteiger partial charge in [-0.2, -0.15) is 0 Å². The molecule has 2 aromatic heterocycles. The summed E-state index contributed by atoms with van der Waals surface area (Å²) in [6.07, 6.45) is 0. The summed E-state index contributed by atoms with van der Waals surface area (Å²) in [6, 6.07) is 76.2. The van der Waals surface area contributed by atoms with Gasteiger partial charge in [0, 0.05) is 32.9 Å². The van der Waals surface area contributed by atoms with E-state index in [0.717, 1.165) is 5.69 Å². The van der Waals surface area contributed by atoms with Crippen molar-refractivity contribution in [1.82, 2.24) is 9.13 Å². The molecule has 0 unspecified atom stereocenters. The van der Waals surface area contributed by atoms with Crippen LogP contribution in [0.25, 0.3) is 121 Å². The monoisotopic (exact) mass is 734 g/mol. The molecule has 58 heavy (non-hydrogen) atoms. The van der Waals surface area contributed by atoms with Crippen LogP contribution in [-0.2, 0) is 0 Å². The number of hydrogen-bond acceptors (Lipinski definition) is 0. The predicted octanol–water partition coefficient (Wildman–Crippen LogP) is 15.2. The lowest BCUT2D eigenvalue weighted by molar-refractivity contribution is 1.18. The van der Waals surface area contributed by atoms with E-state index in [4.69, 9.17) is 0 Å². The van der Waals surface area contributed by atoms with E-state index in [2.05, 4.69) is 215 Å². The number of para-hydroxylation sites is 2. The van der Waals surface area contributed by atoms with Crippen molar-refractivity contribution in [2.75, 3.05) is 0 Å². The molecule has 0 aliphatic heterocycles. The fraction of sp³-hybridized carbons (Fsp3) is 0. The minimum Gasteiger partial charge on any atom is -0.309 e. The van der Waals surface area contributed by atoms with Gasteiger partial charge in [0.15, 0.2) is 0 Å². The lowest BCUT2D eigenvalue weighted by Gasteiger charge is -2.12. The van der Waals surface area contributed by atoms with Gasteiger partial charge >= 0.3 is 0 Å². The summed E-state index contributed by atoms with van der Waals surface area (Å²) < 4.78 is 4.86. The fourth-order valence-electron chi connectivity index (χ4n) is 10.0. The van der Waals surface area contributed by atoms with Crippen LogP contribution in [0.15, 0.2) is 206 Å². The third-order valence-corrected chi connectivity index (χ3v) is 12.6. The van der Waals surface area contributed by atoms with Gasteiger partial charge in [-0.1, -0.05) is 140 Å². The van der Waals surface area contributed by atoms with Gasteiger partial charge in [0.05, 0.1) is 22.1 Å². The van der Waals surface area contributed by atoms with Crippen molar-refractivity contribution in [3.05, 3.63) is 206 Å². The second kappa shape index (κ2) is 11.9. The summed E-state index contributed by atoms with van der Waals surface area (Å²) in [4.78, 5) is 0. The molecule has 10 aromatic carbocycles. The molecule has 12 aromatic rings. The number of aromatic nitrogens is 2. The Balaban J connectivity index is 0.946. The Morgan fingerprint density at radius 2 is 0.776 bits per heavy atom. The Hall–Kier alpha value is -7.68. The minimum atomic E-state index is 1.16. The van der Waals surface area contributed by atoms with Crippen LogP contribution < -0.4 is 0 Å². The molecule has 2 nitrogen and oxygen atoms in total. The topological polar surface area (TPSA) is 9.86 Å². The summed E-state index contributed by atoms with van der Waals surface area (Å²) >= 11 is 0. The third kappa shape index (κ3) is 4.43. The van der Waals surface area contributed by atoms with E-state index >= 15 is 0 Å². The molecule has 2 heterocycles. The second-order valence-electron chi connectivity index (χ2n) is 15.7. The maximum absolute atomic E-state index is 2.45. The molecule has 0 fully saturated rings. The molecule has 0 saturated carbocycles. The van der Waals surface area contributed by atoms with Crippen LogP contribution in [0.1, 0.15) is 0 Å². The van der Waals surface area contributed by atoms with Crippen molar-refractivity contribution in [2.45, 2.75) is 0 Å². The largest absolute Gasteiger partial charge is 0.309 e. The first kappa shape index (κ1) is 31.5. The molecule has 0 radical (unpaired) electrons. The quantitative estimate of drug-likeness (QED) is 0.159. The molecule has 0 spiro atoms. The van der Waals surface area contributed by atoms with Crippen LogP contribution >= 0.6 is 0 Å². The second-order valence-corrected chi connectivity index (χ2v) is 15.7. The van der Waals surface area contributed by atoms with Gasteiger partial charge in [0.2, 0.25) is 0 Å². The highest BCUT2D eigenvalue weighted by molar-refractivity contribution is 6.23. The molecule has 0 bridgehead atoms. The number of benzene rings is 10. The average molecular weight is 735 g/mol. The Morgan fingerprint density at radius 3 is 1.48 bits per heavy atom. The molecular weight excluding hydrogens is 701 g/mol. The molecular formula is C56H34N2. The smallest absolute Gasteiger partial charge is 0.0541 e. The summed E-state index contributed by atoms with van der Waals surface area (Å²) in [6.45, 7) is 0. The number of rotatable bonds is 4. The standard InChI is InChI=1S/C56H34N2/c1-2-11-35(12-3-1)36-21-25-40(26-22-36)57-52-19-8-6-15-44(52)49-31-37(23-29-54(49)57)38-24-30-55-50(32-38)45-16-7-9-20-53(45)58(55)41-27-28-43-47-18-10-17-46-42-14-5-4-13-39(42)33-51(56(46)47)48(43)34-41/h1-34H. The van der Waals surface area contributed by atoms with Crippen molar-refractivity contribution in [3.63, 3.8) is 0 Å². The molecule has 0 amide bonds. The van der Waals surface area contributed by atoms with Gasteiger partial charge in [-0.25, -0.2) is 0 Å². The van der Waals surface area contributed by atoms with E-state index < -0.39 is 0 Å². The molecule has 1 aliphatic carbocycles. The molecule has 2 heteroatoms. The van der Waals surface area contributed by atoms with E-state index in [1.54, 1.807) is 0 Å². The van der Waals surface area contributed by atoms with Gasteiger partial charge in [0.25, 0.3) is 0 Å².